The number of nitrogens with two attached hydrogens (primary N) is 1. The molecule has 1 aliphatic rings. The molecule has 148 valence electrons. The van der Waals surface area contributed by atoms with E-state index in [4.69, 9.17) is 5.73 Å². The first-order chi connectivity index (χ1) is 13.5. The fourth-order valence-corrected chi connectivity index (χ4v) is 3.59. The van der Waals surface area contributed by atoms with E-state index in [0.717, 1.165) is 31.8 Å². The van der Waals surface area contributed by atoms with Crippen LogP contribution in [0.2, 0.25) is 0 Å². The maximum Gasteiger partial charge on any atom is 0.271 e. The number of nitrogens with one attached hydrogen (secondary N) is 1. The minimum absolute atomic E-state index is 0.0387. The molecule has 1 aromatic carbocycles. The van der Waals surface area contributed by atoms with Crippen molar-refractivity contribution in [3.63, 3.8) is 0 Å². The standard InChI is InChI=1S/C21H27N5O2/c1-14-7-9-26(10-8-14)19(16-6-4-3-5-15(16)2)13-25-21(28)18-12-23-17(11-24-18)20(22)27/h3-6,11-12,14,19H,7-10,13H2,1-2H3,(H2,22,27)(H,25,28). The van der Waals surface area contributed by atoms with Crippen LogP contribution in [0.5, 0.6) is 0 Å². The van der Waals surface area contributed by atoms with Crippen molar-refractivity contribution < 1.29 is 9.59 Å². The smallest absolute Gasteiger partial charge is 0.271 e. The number of amides is 2. The molecule has 0 saturated carbocycles. The van der Waals surface area contributed by atoms with Crippen LogP contribution in [0.25, 0.3) is 0 Å². The zero-order chi connectivity index (χ0) is 20.1. The lowest BCUT2D eigenvalue weighted by atomic mass is 9.94. The molecule has 2 aromatic rings. The van der Waals surface area contributed by atoms with Crippen LogP contribution in [0.1, 0.15) is 57.9 Å². The van der Waals surface area contributed by atoms with Crippen LogP contribution < -0.4 is 11.1 Å². The second-order valence-electron chi connectivity index (χ2n) is 7.45. The molecule has 7 nitrogen and oxygen atoms in total. The molecule has 0 aliphatic carbocycles. The maximum absolute atomic E-state index is 12.5. The molecule has 0 radical (unpaired) electrons. The molecule has 2 amide bonds. The van der Waals surface area contributed by atoms with Gasteiger partial charge in [-0.2, -0.15) is 0 Å². The number of carbonyl (C=O) groups excluding carboxylic acids is 2. The largest absolute Gasteiger partial charge is 0.364 e. The van der Waals surface area contributed by atoms with Gasteiger partial charge >= 0.3 is 0 Å². The highest BCUT2D eigenvalue weighted by atomic mass is 16.2. The number of likely N-dealkylation sites (tertiary alicyclic amines) is 1. The highest BCUT2D eigenvalue weighted by Gasteiger charge is 2.26. The fraction of sp³-hybridized carbons (Fsp3) is 0.429. The molecule has 1 unspecified atom stereocenters. The normalized spacial score (nSPS) is 16.5. The summed E-state index contributed by atoms with van der Waals surface area (Å²) in [4.78, 5) is 34.0. The molecule has 0 bridgehead atoms. The van der Waals surface area contributed by atoms with Gasteiger partial charge in [-0.1, -0.05) is 31.2 Å². The van der Waals surface area contributed by atoms with Crippen molar-refractivity contribution in [1.82, 2.24) is 20.2 Å². The molecular weight excluding hydrogens is 354 g/mol. The Balaban J connectivity index is 1.73. The molecule has 3 N–H and O–H groups in total. The van der Waals surface area contributed by atoms with E-state index in [-0.39, 0.29) is 23.3 Å². The van der Waals surface area contributed by atoms with Crippen LogP contribution in [-0.2, 0) is 0 Å². The molecule has 28 heavy (non-hydrogen) atoms. The van der Waals surface area contributed by atoms with Gasteiger partial charge in [0.15, 0.2) is 0 Å². The third kappa shape index (κ3) is 4.72. The monoisotopic (exact) mass is 381 g/mol. The van der Waals surface area contributed by atoms with E-state index in [9.17, 15) is 9.59 Å². The van der Waals surface area contributed by atoms with Crippen molar-refractivity contribution in [2.45, 2.75) is 32.7 Å². The summed E-state index contributed by atoms with van der Waals surface area (Å²) in [5.74, 6) is -0.242. The quantitative estimate of drug-likeness (QED) is 0.798. The van der Waals surface area contributed by atoms with Gasteiger partial charge in [0.25, 0.3) is 11.8 Å². The van der Waals surface area contributed by atoms with Gasteiger partial charge < -0.3 is 11.1 Å². The van der Waals surface area contributed by atoms with E-state index in [1.54, 1.807) is 0 Å². The highest BCUT2D eigenvalue weighted by molar-refractivity contribution is 5.93. The first-order valence-electron chi connectivity index (χ1n) is 9.65. The van der Waals surface area contributed by atoms with E-state index < -0.39 is 5.91 Å². The lowest BCUT2D eigenvalue weighted by molar-refractivity contribution is 0.0905. The number of benzene rings is 1. The SMILES string of the molecule is Cc1ccccc1C(CNC(=O)c1cnc(C(N)=O)cn1)N1CCC(C)CC1. The molecule has 1 saturated heterocycles. The van der Waals surface area contributed by atoms with Crippen molar-refractivity contribution in [2.75, 3.05) is 19.6 Å². The van der Waals surface area contributed by atoms with E-state index in [2.05, 4.69) is 46.2 Å². The number of carbonyl (C=O) groups is 2. The minimum Gasteiger partial charge on any atom is -0.364 e. The van der Waals surface area contributed by atoms with Gasteiger partial charge in [0, 0.05) is 6.54 Å². The second-order valence-corrected chi connectivity index (χ2v) is 7.45. The number of hydrogen-bond donors (Lipinski definition) is 2. The maximum atomic E-state index is 12.5. The molecular formula is C21H27N5O2. The number of aromatic nitrogens is 2. The zero-order valence-electron chi connectivity index (χ0n) is 16.4. The van der Waals surface area contributed by atoms with Gasteiger partial charge in [-0.15, -0.1) is 0 Å². The summed E-state index contributed by atoms with van der Waals surface area (Å²) in [7, 11) is 0. The van der Waals surface area contributed by atoms with Crippen LogP contribution >= 0.6 is 0 Å². The van der Waals surface area contributed by atoms with Crippen LogP contribution in [0.4, 0.5) is 0 Å². The van der Waals surface area contributed by atoms with Gasteiger partial charge in [-0.3, -0.25) is 14.5 Å². The number of nitrogens with zero attached hydrogens (tertiary/aromatic N) is 3. The first kappa shape index (κ1) is 19.9. The molecule has 0 spiro atoms. The summed E-state index contributed by atoms with van der Waals surface area (Å²) < 4.78 is 0. The van der Waals surface area contributed by atoms with Crippen LogP contribution in [0.15, 0.2) is 36.7 Å². The number of primary amides is 1. The minimum atomic E-state index is -0.668. The Morgan fingerprint density at radius 2 is 1.82 bits per heavy atom. The summed E-state index contributed by atoms with van der Waals surface area (Å²) in [6, 6.07) is 8.41. The van der Waals surface area contributed by atoms with E-state index in [0.29, 0.717) is 6.54 Å². The summed E-state index contributed by atoms with van der Waals surface area (Å²) in [5.41, 5.74) is 7.81. The molecule has 1 fully saturated rings. The Morgan fingerprint density at radius 3 is 2.43 bits per heavy atom. The Hall–Kier alpha value is -2.80. The molecule has 1 aromatic heterocycles. The summed E-state index contributed by atoms with van der Waals surface area (Å²) in [6.45, 7) is 6.91. The van der Waals surface area contributed by atoms with Crippen LogP contribution in [0, 0.1) is 12.8 Å². The Labute approximate surface area is 165 Å². The second kappa shape index (κ2) is 8.93. The first-order valence-corrected chi connectivity index (χ1v) is 9.65. The van der Waals surface area contributed by atoms with Crippen LogP contribution in [0.3, 0.4) is 0 Å². The molecule has 1 atom stereocenters. The summed E-state index contributed by atoms with van der Waals surface area (Å²) in [5, 5.41) is 2.98. The van der Waals surface area contributed by atoms with Gasteiger partial charge in [0.1, 0.15) is 11.4 Å². The number of hydrogen-bond acceptors (Lipinski definition) is 5. The Kier molecular flexibility index (Phi) is 6.36. The van der Waals surface area contributed by atoms with E-state index in [1.165, 1.54) is 23.5 Å². The van der Waals surface area contributed by atoms with Crippen molar-refractivity contribution in [3.8, 4) is 0 Å². The number of rotatable bonds is 6. The summed E-state index contributed by atoms with van der Waals surface area (Å²) in [6.07, 6.45) is 4.83. The zero-order valence-corrected chi connectivity index (χ0v) is 16.4. The van der Waals surface area contributed by atoms with Crippen LogP contribution in [-0.4, -0.2) is 46.3 Å². The molecule has 1 aliphatic heterocycles. The lowest BCUT2D eigenvalue weighted by Gasteiger charge is -2.37. The average Bonchev–Trinajstić information content (AvgIpc) is 2.70. The fourth-order valence-electron chi connectivity index (χ4n) is 3.59. The van der Waals surface area contributed by atoms with Crippen molar-refractivity contribution in [2.24, 2.45) is 11.7 Å². The average molecular weight is 381 g/mol. The van der Waals surface area contributed by atoms with E-state index >= 15 is 0 Å². The van der Waals surface area contributed by atoms with E-state index in [1.807, 2.05) is 12.1 Å². The topological polar surface area (TPSA) is 101 Å². The molecule has 3 rings (SSSR count). The third-order valence-corrected chi connectivity index (χ3v) is 5.40. The van der Waals surface area contributed by atoms with Gasteiger partial charge in [-0.05, 0) is 49.9 Å². The Morgan fingerprint density at radius 1 is 1.18 bits per heavy atom. The predicted molar refractivity (Wildman–Crippen MR) is 107 cm³/mol. The van der Waals surface area contributed by atoms with Crippen molar-refractivity contribution in [1.29, 1.82) is 0 Å². The molecule has 2 heterocycles. The van der Waals surface area contributed by atoms with Gasteiger partial charge in [-0.25, -0.2) is 9.97 Å². The van der Waals surface area contributed by atoms with Crippen molar-refractivity contribution in [3.05, 3.63) is 59.2 Å². The lowest BCUT2D eigenvalue weighted by Crippen LogP contribution is -2.42. The third-order valence-electron chi connectivity index (χ3n) is 5.40. The number of aryl methyl sites for hydroxylation is 1. The highest BCUT2D eigenvalue weighted by Crippen LogP contribution is 2.28. The number of piperidine rings is 1. The summed E-state index contributed by atoms with van der Waals surface area (Å²) >= 11 is 0. The molecule has 7 heteroatoms. The van der Waals surface area contributed by atoms with Gasteiger partial charge in [0.05, 0.1) is 18.4 Å². The van der Waals surface area contributed by atoms with Gasteiger partial charge in [0.2, 0.25) is 0 Å². The van der Waals surface area contributed by atoms with Crippen molar-refractivity contribution >= 4 is 11.8 Å². The predicted octanol–water partition coefficient (Wildman–Crippen LogP) is 2.09. The Bertz CT molecular complexity index is 829.